The Morgan fingerprint density at radius 2 is 1.95 bits per heavy atom. The van der Waals surface area contributed by atoms with Gasteiger partial charge in [0.15, 0.2) is 0 Å². The van der Waals surface area contributed by atoms with Gasteiger partial charge in [0.1, 0.15) is 10.0 Å². The molecule has 1 aromatic rings. The van der Waals surface area contributed by atoms with Crippen molar-refractivity contribution >= 4 is 33.2 Å². The summed E-state index contributed by atoms with van der Waals surface area (Å²) in [5.41, 5.74) is 0. The number of rotatable bonds is 2. The lowest BCUT2D eigenvalue weighted by molar-refractivity contribution is 0.257. The maximum Gasteiger partial charge on any atom is 0.244 e. The van der Waals surface area contributed by atoms with Gasteiger partial charge in [0.05, 0.1) is 5.02 Å². The normalized spacial score (nSPS) is 24.8. The molecule has 2 fully saturated rings. The lowest BCUT2D eigenvalue weighted by Crippen LogP contribution is -2.39. The SMILES string of the molecule is O=S(=O)(c1cnc(Cl)c(Cl)c1)N1CCCN2CCCC2C1. The van der Waals surface area contributed by atoms with E-state index >= 15 is 0 Å². The molecule has 1 unspecified atom stereocenters. The molecule has 8 heteroatoms. The van der Waals surface area contributed by atoms with Gasteiger partial charge in [0, 0.05) is 25.3 Å². The molecular formula is C13H17Cl2N3O2S. The maximum absolute atomic E-state index is 12.8. The van der Waals surface area contributed by atoms with Crippen molar-refractivity contribution < 1.29 is 8.42 Å². The Kier molecular flexibility index (Phi) is 4.43. The minimum absolute atomic E-state index is 0.114. The number of hydrogen-bond donors (Lipinski definition) is 0. The molecule has 3 heterocycles. The molecule has 0 aromatic carbocycles. The number of nitrogens with zero attached hydrogens (tertiary/aromatic N) is 3. The van der Waals surface area contributed by atoms with Gasteiger partial charge in [-0.15, -0.1) is 0 Å². The zero-order valence-corrected chi connectivity index (χ0v) is 13.8. The van der Waals surface area contributed by atoms with Crippen LogP contribution >= 0.6 is 23.2 Å². The van der Waals surface area contributed by atoms with Gasteiger partial charge in [-0.05, 0) is 38.4 Å². The monoisotopic (exact) mass is 349 g/mol. The largest absolute Gasteiger partial charge is 0.299 e. The summed E-state index contributed by atoms with van der Waals surface area (Å²) in [4.78, 5) is 6.35. The first-order valence-electron chi connectivity index (χ1n) is 7.04. The second kappa shape index (κ2) is 6.01. The van der Waals surface area contributed by atoms with Crippen molar-refractivity contribution in [3.05, 3.63) is 22.4 Å². The van der Waals surface area contributed by atoms with Gasteiger partial charge >= 0.3 is 0 Å². The van der Waals surface area contributed by atoms with Crippen molar-refractivity contribution in [2.75, 3.05) is 26.2 Å². The quantitative estimate of drug-likeness (QED) is 0.768. The van der Waals surface area contributed by atoms with E-state index in [9.17, 15) is 8.42 Å². The molecule has 5 nitrogen and oxygen atoms in total. The first kappa shape index (κ1) is 15.5. The molecule has 21 heavy (non-hydrogen) atoms. The van der Waals surface area contributed by atoms with Crippen LogP contribution in [0.3, 0.4) is 0 Å². The minimum Gasteiger partial charge on any atom is -0.299 e. The van der Waals surface area contributed by atoms with Crippen molar-refractivity contribution in [2.45, 2.75) is 30.2 Å². The molecule has 0 spiro atoms. The fraction of sp³-hybridized carbons (Fsp3) is 0.615. The molecule has 0 saturated carbocycles. The molecule has 1 aromatic heterocycles. The third-order valence-corrected chi connectivity index (χ3v) is 6.69. The molecule has 2 aliphatic heterocycles. The molecule has 0 radical (unpaired) electrons. The van der Waals surface area contributed by atoms with Crippen LogP contribution in [0.15, 0.2) is 17.2 Å². The zero-order chi connectivity index (χ0) is 15.0. The summed E-state index contributed by atoms with van der Waals surface area (Å²) < 4.78 is 27.1. The van der Waals surface area contributed by atoms with Gasteiger partial charge in [0.25, 0.3) is 0 Å². The summed E-state index contributed by atoms with van der Waals surface area (Å²) in [6, 6.07) is 1.71. The van der Waals surface area contributed by atoms with Gasteiger partial charge in [-0.25, -0.2) is 13.4 Å². The summed E-state index contributed by atoms with van der Waals surface area (Å²) in [6.45, 7) is 3.13. The van der Waals surface area contributed by atoms with Crippen LogP contribution < -0.4 is 0 Å². The van der Waals surface area contributed by atoms with E-state index in [0.717, 1.165) is 32.4 Å². The molecule has 0 aliphatic carbocycles. The Bertz CT molecular complexity index is 638. The Morgan fingerprint density at radius 1 is 1.19 bits per heavy atom. The number of pyridine rings is 1. The van der Waals surface area contributed by atoms with Crippen molar-refractivity contribution in [2.24, 2.45) is 0 Å². The first-order chi connectivity index (χ1) is 9.98. The first-order valence-corrected chi connectivity index (χ1v) is 9.23. The van der Waals surface area contributed by atoms with Gasteiger partial charge in [-0.2, -0.15) is 4.31 Å². The highest BCUT2D eigenvalue weighted by Crippen LogP contribution is 2.27. The summed E-state index contributed by atoms with van der Waals surface area (Å²) in [5, 5.41) is 0.281. The van der Waals surface area contributed by atoms with Crippen molar-refractivity contribution in [1.82, 2.24) is 14.2 Å². The molecule has 0 bridgehead atoms. The fourth-order valence-corrected chi connectivity index (χ4v) is 4.91. The average molecular weight is 350 g/mol. The highest BCUT2D eigenvalue weighted by molar-refractivity contribution is 7.89. The summed E-state index contributed by atoms with van der Waals surface area (Å²) in [5.74, 6) is 0. The van der Waals surface area contributed by atoms with E-state index in [0.29, 0.717) is 19.1 Å². The van der Waals surface area contributed by atoms with E-state index < -0.39 is 10.0 Å². The number of aromatic nitrogens is 1. The number of hydrogen-bond acceptors (Lipinski definition) is 4. The number of fused-ring (bicyclic) bond motifs is 1. The molecule has 116 valence electrons. The topological polar surface area (TPSA) is 53.5 Å². The van der Waals surface area contributed by atoms with Crippen LogP contribution in [-0.2, 0) is 10.0 Å². The molecule has 2 aliphatic rings. The van der Waals surface area contributed by atoms with Crippen LogP contribution in [0.5, 0.6) is 0 Å². The van der Waals surface area contributed by atoms with Crippen LogP contribution in [0, 0.1) is 0 Å². The zero-order valence-electron chi connectivity index (χ0n) is 11.5. The van der Waals surface area contributed by atoms with Gasteiger partial charge < -0.3 is 0 Å². The van der Waals surface area contributed by atoms with E-state index in [1.54, 1.807) is 4.31 Å². The number of sulfonamides is 1. The molecule has 0 N–H and O–H groups in total. The molecule has 0 amide bonds. The Hall–Kier alpha value is -0.400. The molecule has 3 rings (SSSR count). The van der Waals surface area contributed by atoms with Gasteiger partial charge in [0.2, 0.25) is 10.0 Å². The Balaban J connectivity index is 1.88. The predicted octanol–water partition coefficient (Wildman–Crippen LogP) is 2.25. The van der Waals surface area contributed by atoms with Crippen molar-refractivity contribution in [3.8, 4) is 0 Å². The Morgan fingerprint density at radius 3 is 2.71 bits per heavy atom. The molecule has 2 saturated heterocycles. The van der Waals surface area contributed by atoms with Gasteiger partial charge in [-0.1, -0.05) is 23.2 Å². The second-order valence-electron chi connectivity index (χ2n) is 5.49. The summed E-state index contributed by atoms with van der Waals surface area (Å²) in [7, 11) is -3.56. The van der Waals surface area contributed by atoms with E-state index in [-0.39, 0.29) is 15.1 Å². The van der Waals surface area contributed by atoms with E-state index in [2.05, 4.69) is 9.88 Å². The van der Waals surface area contributed by atoms with Crippen LogP contribution in [0.1, 0.15) is 19.3 Å². The maximum atomic E-state index is 12.8. The smallest absolute Gasteiger partial charge is 0.244 e. The predicted molar refractivity (Wildman–Crippen MR) is 82.2 cm³/mol. The van der Waals surface area contributed by atoms with E-state index in [4.69, 9.17) is 23.2 Å². The van der Waals surface area contributed by atoms with Crippen LogP contribution in [0.25, 0.3) is 0 Å². The third kappa shape index (κ3) is 3.05. The lowest BCUT2D eigenvalue weighted by atomic mass is 10.2. The average Bonchev–Trinajstić information content (AvgIpc) is 2.78. The fourth-order valence-electron chi connectivity index (χ4n) is 3.08. The minimum atomic E-state index is -3.56. The second-order valence-corrected chi connectivity index (χ2v) is 8.20. The molecule has 1 atom stereocenters. The van der Waals surface area contributed by atoms with Crippen LogP contribution in [0.4, 0.5) is 0 Å². The number of halogens is 2. The highest BCUT2D eigenvalue weighted by Gasteiger charge is 2.34. The van der Waals surface area contributed by atoms with Crippen LogP contribution in [-0.4, -0.2) is 54.8 Å². The van der Waals surface area contributed by atoms with E-state index in [1.165, 1.54) is 12.3 Å². The summed E-state index contributed by atoms with van der Waals surface area (Å²) >= 11 is 11.7. The van der Waals surface area contributed by atoms with E-state index in [1.807, 2.05) is 0 Å². The van der Waals surface area contributed by atoms with Gasteiger partial charge in [-0.3, -0.25) is 4.90 Å². The van der Waals surface area contributed by atoms with Crippen molar-refractivity contribution in [1.29, 1.82) is 0 Å². The summed E-state index contributed by atoms with van der Waals surface area (Å²) in [6.07, 6.45) is 4.34. The van der Waals surface area contributed by atoms with Crippen LogP contribution in [0.2, 0.25) is 10.2 Å². The standard InChI is InChI=1S/C13H17Cl2N3O2S/c14-12-7-11(8-16-13(12)15)21(19,20)18-6-2-5-17-4-1-3-10(17)9-18/h7-8,10H,1-6,9H2. The Labute approximate surface area is 134 Å². The lowest BCUT2D eigenvalue weighted by Gasteiger charge is -2.25. The van der Waals surface area contributed by atoms with Crippen molar-refractivity contribution in [3.63, 3.8) is 0 Å². The highest BCUT2D eigenvalue weighted by atomic mass is 35.5. The molecular weight excluding hydrogens is 333 g/mol. The third-order valence-electron chi connectivity index (χ3n) is 4.18.